The number of carbonyl (C=O) groups excluding carboxylic acids is 1. The number of benzene rings is 2. The first-order chi connectivity index (χ1) is 18.9. The van der Waals surface area contributed by atoms with Gasteiger partial charge in [0.15, 0.2) is 5.78 Å². The van der Waals surface area contributed by atoms with Gasteiger partial charge in [-0.1, -0.05) is 53.9 Å². The van der Waals surface area contributed by atoms with Crippen LogP contribution in [0.3, 0.4) is 0 Å². The van der Waals surface area contributed by atoms with Crippen molar-refractivity contribution in [2.45, 2.75) is 64.1 Å². The molecule has 0 spiro atoms. The van der Waals surface area contributed by atoms with Crippen molar-refractivity contribution in [3.8, 4) is 5.75 Å². The molecule has 10 heteroatoms. The molecule has 1 fully saturated rings. The maximum absolute atomic E-state index is 14.2. The van der Waals surface area contributed by atoms with Gasteiger partial charge in [0.25, 0.3) is 0 Å². The van der Waals surface area contributed by atoms with Crippen LogP contribution in [0.15, 0.2) is 53.0 Å². The van der Waals surface area contributed by atoms with Gasteiger partial charge in [0.2, 0.25) is 0 Å². The molecule has 3 rings (SSSR count). The van der Waals surface area contributed by atoms with Crippen molar-refractivity contribution in [1.82, 2.24) is 0 Å². The minimum absolute atomic E-state index is 0.0780. The van der Waals surface area contributed by atoms with Gasteiger partial charge >= 0.3 is 6.18 Å². The number of aliphatic imine (C=N–C) groups is 1. The third-order valence-electron chi connectivity index (χ3n) is 7.08. The second-order valence-corrected chi connectivity index (χ2v) is 11.0. The first kappa shape index (κ1) is 31.8. The number of allylic oxidation sites excluding steroid dienone is 2. The molecule has 2 aromatic rings. The van der Waals surface area contributed by atoms with Crippen LogP contribution in [0, 0.1) is 23.1 Å². The lowest BCUT2D eigenvalue weighted by molar-refractivity contribution is -0.0621. The molecule has 0 heterocycles. The maximum Gasteiger partial charge on any atom is 0.429 e. The van der Waals surface area contributed by atoms with Crippen molar-refractivity contribution in [3.63, 3.8) is 0 Å². The summed E-state index contributed by atoms with van der Waals surface area (Å²) < 4.78 is 61.2. The minimum atomic E-state index is -4.72. The molecule has 216 valence electrons. The Balaban J connectivity index is 1.92. The van der Waals surface area contributed by atoms with E-state index in [0.717, 1.165) is 19.1 Å². The zero-order chi connectivity index (χ0) is 29.4. The number of alkyl halides is 3. The quantitative estimate of drug-likeness (QED) is 0.121. The van der Waals surface area contributed by atoms with Gasteiger partial charge in [-0.2, -0.15) is 13.2 Å². The Hall–Kier alpha value is -2.71. The smallest absolute Gasteiger partial charge is 0.429 e. The van der Waals surface area contributed by atoms with Crippen LogP contribution in [-0.2, 0) is 6.42 Å². The summed E-state index contributed by atoms with van der Waals surface area (Å²) in [5, 5.41) is 8.05. The molecule has 0 amide bonds. The first-order valence-electron chi connectivity index (χ1n) is 13.0. The molecule has 1 atom stereocenters. The van der Waals surface area contributed by atoms with E-state index in [9.17, 15) is 22.4 Å². The number of carbonyl (C=O) groups is 1. The highest BCUT2D eigenvalue weighted by Gasteiger charge is 2.41. The second-order valence-electron chi connectivity index (χ2n) is 10.2. The third-order valence-corrected chi connectivity index (χ3v) is 7.68. The monoisotopic (exact) mass is 598 g/mol. The Bertz CT molecular complexity index is 1230. The van der Waals surface area contributed by atoms with Crippen molar-refractivity contribution < 1.29 is 27.1 Å². The molecule has 1 unspecified atom stereocenters. The zero-order valence-corrected chi connectivity index (χ0v) is 23.8. The van der Waals surface area contributed by atoms with E-state index in [1.54, 1.807) is 0 Å². The number of nitrogens with one attached hydrogen (secondary N) is 1. The van der Waals surface area contributed by atoms with Gasteiger partial charge in [0, 0.05) is 18.6 Å². The van der Waals surface area contributed by atoms with Gasteiger partial charge in [-0.05, 0) is 74.3 Å². The number of hydrogen-bond acceptors (Lipinski definition) is 4. The molecule has 4 nitrogen and oxygen atoms in total. The fraction of sp³-hybridized carbons (Fsp3) is 0.433. The van der Waals surface area contributed by atoms with E-state index in [0.29, 0.717) is 35.6 Å². The summed E-state index contributed by atoms with van der Waals surface area (Å²) in [6.07, 6.45) is 0.131. The van der Waals surface area contributed by atoms with Gasteiger partial charge in [-0.3, -0.25) is 9.79 Å². The van der Waals surface area contributed by atoms with E-state index in [1.807, 2.05) is 0 Å². The Kier molecular flexibility index (Phi) is 11.3. The lowest BCUT2D eigenvalue weighted by Crippen LogP contribution is -2.34. The normalized spacial score (nSPS) is 19.3. The summed E-state index contributed by atoms with van der Waals surface area (Å²) in [4.78, 5) is 17.2. The highest BCUT2D eigenvalue weighted by molar-refractivity contribution is 6.40. The topological polar surface area (TPSA) is 62.5 Å². The van der Waals surface area contributed by atoms with Crippen LogP contribution in [0.25, 0.3) is 0 Å². The number of rotatable bonds is 11. The predicted molar refractivity (Wildman–Crippen MR) is 152 cm³/mol. The van der Waals surface area contributed by atoms with Gasteiger partial charge in [0.1, 0.15) is 17.3 Å². The number of nitrogens with zero attached hydrogens (tertiary/aromatic N) is 1. The molecule has 1 aliphatic carbocycles. The number of Topliss-reactive ketones (excluding diaryl/α,β-unsaturated/α-hetero) is 1. The highest BCUT2D eigenvalue weighted by atomic mass is 35.5. The van der Waals surface area contributed by atoms with Gasteiger partial charge in [-0.15, -0.1) is 0 Å². The van der Waals surface area contributed by atoms with Gasteiger partial charge < -0.3 is 10.1 Å². The second kappa shape index (κ2) is 14.3. The van der Waals surface area contributed by atoms with Crippen LogP contribution in [0.2, 0.25) is 10.0 Å². The molecule has 0 aliphatic heterocycles. The van der Waals surface area contributed by atoms with Gasteiger partial charge in [-0.25, -0.2) is 4.39 Å². The molecule has 0 saturated heterocycles. The van der Waals surface area contributed by atoms with Crippen LogP contribution in [0.5, 0.6) is 5.75 Å². The number of hydrogen-bond donors (Lipinski definition) is 1. The Labute approximate surface area is 241 Å². The summed E-state index contributed by atoms with van der Waals surface area (Å²) in [6.45, 7) is 2.07. The van der Waals surface area contributed by atoms with Crippen LogP contribution in [0.4, 0.5) is 17.6 Å². The lowest BCUT2D eigenvalue weighted by Gasteiger charge is -2.26. The van der Waals surface area contributed by atoms with Crippen LogP contribution in [-0.4, -0.2) is 37.0 Å². The van der Waals surface area contributed by atoms with Crippen molar-refractivity contribution in [1.29, 1.82) is 5.41 Å². The van der Waals surface area contributed by atoms with Crippen LogP contribution in [0.1, 0.15) is 61.4 Å². The van der Waals surface area contributed by atoms with E-state index in [4.69, 9.17) is 33.3 Å². The van der Waals surface area contributed by atoms with E-state index in [2.05, 4.69) is 11.9 Å². The number of ketones is 1. The predicted octanol–water partition coefficient (Wildman–Crippen LogP) is 9.12. The zero-order valence-electron chi connectivity index (χ0n) is 22.3. The molecule has 2 aromatic carbocycles. The molecular weight excluding hydrogens is 567 g/mol. The lowest BCUT2D eigenvalue weighted by atomic mass is 9.86. The number of ether oxygens (including phenoxy) is 1. The number of methoxy groups -OCH3 is 1. The van der Waals surface area contributed by atoms with Crippen molar-refractivity contribution in [2.75, 3.05) is 7.11 Å². The maximum atomic E-state index is 14.2. The summed E-state index contributed by atoms with van der Waals surface area (Å²) in [7, 11) is 1.43. The van der Waals surface area contributed by atoms with Crippen LogP contribution >= 0.6 is 23.2 Å². The fourth-order valence-corrected chi connectivity index (χ4v) is 5.51. The van der Waals surface area contributed by atoms with Gasteiger partial charge in [0.05, 0.1) is 28.8 Å². The average molecular weight is 599 g/mol. The fourth-order valence-electron chi connectivity index (χ4n) is 4.83. The van der Waals surface area contributed by atoms with Crippen molar-refractivity contribution in [2.24, 2.45) is 16.8 Å². The summed E-state index contributed by atoms with van der Waals surface area (Å²) >= 11 is 12.5. The molecular formula is C30H32Cl2F4N2O2. The van der Waals surface area contributed by atoms with Crippen molar-refractivity contribution in [3.05, 3.63) is 75.0 Å². The van der Waals surface area contributed by atoms with E-state index < -0.39 is 35.4 Å². The molecule has 1 aliphatic rings. The average Bonchev–Trinajstić information content (AvgIpc) is 2.90. The molecule has 1 N–H and O–H groups in total. The Morgan fingerprint density at radius 1 is 1.12 bits per heavy atom. The first-order valence-corrected chi connectivity index (χ1v) is 13.8. The van der Waals surface area contributed by atoms with E-state index >= 15 is 0 Å². The third kappa shape index (κ3) is 8.90. The molecule has 0 bridgehead atoms. The Morgan fingerprint density at radius 2 is 1.73 bits per heavy atom. The van der Waals surface area contributed by atoms with E-state index in [1.165, 1.54) is 49.6 Å². The minimum Gasteiger partial charge on any atom is -0.497 e. The molecule has 40 heavy (non-hydrogen) atoms. The SMILES string of the molecule is COc1cc(Cl)c(C(=O)CC=C(Cc2ccc(F)cc2)CC(C=N)C(=NC2CCC(C)CC2)C(F)(F)F)c(Cl)c1. The van der Waals surface area contributed by atoms with Crippen LogP contribution < -0.4 is 4.74 Å². The summed E-state index contributed by atoms with van der Waals surface area (Å²) in [5.41, 5.74) is 0.216. The Morgan fingerprint density at radius 3 is 2.25 bits per heavy atom. The summed E-state index contributed by atoms with van der Waals surface area (Å²) in [5.74, 6) is -1.39. The number of halogens is 6. The van der Waals surface area contributed by atoms with E-state index in [-0.39, 0.29) is 34.9 Å². The standard InChI is InChI=1S/C30H32Cl2F4N2O2/c1-18-3-10-23(11-4-18)38-29(30(34,35)36)21(17-37)14-20(13-19-5-8-22(33)9-6-19)7-12-27(39)28-25(31)15-24(40-2)16-26(28)32/h5-9,15-18,21,23,37H,3-4,10-14H2,1-2H3. The summed E-state index contributed by atoms with van der Waals surface area (Å²) in [6, 6.07) is 8.04. The highest BCUT2D eigenvalue weighted by Crippen LogP contribution is 2.33. The largest absolute Gasteiger partial charge is 0.497 e. The molecule has 0 aromatic heterocycles. The molecule has 0 radical (unpaired) electrons. The molecule has 1 saturated carbocycles. The van der Waals surface area contributed by atoms with Crippen molar-refractivity contribution >= 4 is 40.9 Å².